The van der Waals surface area contributed by atoms with Gasteiger partial charge in [-0.2, -0.15) is 5.26 Å². The highest BCUT2D eigenvalue weighted by Gasteiger charge is 2.49. The summed E-state index contributed by atoms with van der Waals surface area (Å²) in [6.07, 6.45) is 2.21. The first-order valence-corrected chi connectivity index (χ1v) is 9.61. The molecule has 0 bridgehead atoms. The fourth-order valence-corrected chi connectivity index (χ4v) is 4.63. The van der Waals surface area contributed by atoms with Gasteiger partial charge in [0, 0.05) is 42.7 Å². The van der Waals surface area contributed by atoms with E-state index in [9.17, 15) is 9.59 Å². The molecule has 138 valence electrons. The van der Waals surface area contributed by atoms with Crippen LogP contribution in [0.3, 0.4) is 0 Å². The fraction of sp³-hybridized carbons (Fsp3) is 0.333. The zero-order valence-electron chi connectivity index (χ0n) is 14.5. The number of rotatable bonds is 1. The Morgan fingerprint density at radius 2 is 2.22 bits per heavy atom. The quantitative estimate of drug-likeness (QED) is 0.794. The molecule has 1 spiro atoms. The van der Waals surface area contributed by atoms with E-state index >= 15 is 0 Å². The van der Waals surface area contributed by atoms with Crippen LogP contribution >= 0.6 is 22.9 Å². The summed E-state index contributed by atoms with van der Waals surface area (Å²) >= 11 is 7.35. The van der Waals surface area contributed by atoms with Crippen LogP contribution in [0.4, 0.5) is 15.6 Å². The monoisotopic (exact) mass is 401 g/mol. The van der Waals surface area contributed by atoms with Crippen LogP contribution in [-0.4, -0.2) is 41.5 Å². The minimum atomic E-state index is -0.316. The van der Waals surface area contributed by atoms with E-state index in [1.54, 1.807) is 17.9 Å². The molecule has 1 N–H and O–H groups in total. The van der Waals surface area contributed by atoms with Gasteiger partial charge in [0.15, 0.2) is 5.13 Å². The highest BCUT2D eigenvalue weighted by atomic mass is 35.5. The van der Waals surface area contributed by atoms with E-state index in [0.717, 1.165) is 29.0 Å². The van der Waals surface area contributed by atoms with Gasteiger partial charge in [-0.3, -0.25) is 15.0 Å². The van der Waals surface area contributed by atoms with Gasteiger partial charge in [0.25, 0.3) is 0 Å². The lowest BCUT2D eigenvalue weighted by molar-refractivity contribution is -0.127. The van der Waals surface area contributed by atoms with E-state index in [2.05, 4.69) is 10.3 Å². The van der Waals surface area contributed by atoms with E-state index in [4.69, 9.17) is 16.9 Å². The summed E-state index contributed by atoms with van der Waals surface area (Å²) in [5, 5.41) is 12.7. The third-order valence-corrected chi connectivity index (χ3v) is 6.21. The molecule has 2 aromatic rings. The number of halogens is 1. The summed E-state index contributed by atoms with van der Waals surface area (Å²) in [6, 6.07) is 7.19. The lowest BCUT2D eigenvalue weighted by Gasteiger charge is -2.25. The Hall–Kier alpha value is -2.63. The molecule has 1 aromatic heterocycles. The smallest absolute Gasteiger partial charge is 0.328 e. The van der Waals surface area contributed by atoms with Crippen LogP contribution in [0.1, 0.15) is 23.8 Å². The summed E-state index contributed by atoms with van der Waals surface area (Å²) in [6.45, 7) is 3.26. The number of likely N-dealkylation sites (tertiary alicyclic amines) is 1. The van der Waals surface area contributed by atoms with Crippen molar-refractivity contribution in [2.24, 2.45) is 0 Å². The topological polar surface area (TPSA) is 89.3 Å². The first-order chi connectivity index (χ1) is 12.9. The molecule has 1 saturated heterocycles. The molecule has 1 unspecified atom stereocenters. The summed E-state index contributed by atoms with van der Waals surface area (Å²) < 4.78 is 0. The third-order valence-electron chi connectivity index (χ3n) is 5.16. The first-order valence-electron chi connectivity index (χ1n) is 8.42. The predicted molar refractivity (Wildman–Crippen MR) is 103 cm³/mol. The maximum Gasteiger partial charge on any atom is 0.328 e. The molecule has 2 aliphatic heterocycles. The number of amides is 3. The van der Waals surface area contributed by atoms with Crippen LogP contribution in [-0.2, 0) is 10.2 Å². The van der Waals surface area contributed by atoms with E-state index in [1.165, 1.54) is 6.20 Å². The summed E-state index contributed by atoms with van der Waals surface area (Å²) in [4.78, 5) is 32.7. The highest BCUT2D eigenvalue weighted by Crippen LogP contribution is 2.47. The van der Waals surface area contributed by atoms with Gasteiger partial charge in [-0.05, 0) is 30.2 Å². The molecule has 2 aliphatic rings. The van der Waals surface area contributed by atoms with Gasteiger partial charge < -0.3 is 4.90 Å². The molecule has 4 rings (SSSR count). The largest absolute Gasteiger partial charge is 0.342 e. The van der Waals surface area contributed by atoms with E-state index in [0.29, 0.717) is 34.7 Å². The number of nitriles is 1. The van der Waals surface area contributed by atoms with Crippen molar-refractivity contribution in [1.29, 1.82) is 5.26 Å². The van der Waals surface area contributed by atoms with Gasteiger partial charge in [-0.25, -0.2) is 9.78 Å². The maximum atomic E-state index is 12.9. The number of thiazole rings is 1. The Morgan fingerprint density at radius 3 is 2.89 bits per heavy atom. The highest BCUT2D eigenvalue weighted by molar-refractivity contribution is 7.16. The second-order valence-corrected chi connectivity index (χ2v) is 8.26. The van der Waals surface area contributed by atoms with Gasteiger partial charge in [-0.1, -0.05) is 22.9 Å². The molecular formula is C18H16ClN5O2S. The van der Waals surface area contributed by atoms with Crippen molar-refractivity contribution >= 4 is 45.7 Å². The minimum absolute atomic E-state index is 0.0326. The molecule has 0 saturated carbocycles. The Balaban J connectivity index is 1.64. The fourth-order valence-electron chi connectivity index (χ4n) is 3.86. The van der Waals surface area contributed by atoms with Crippen LogP contribution in [0.2, 0.25) is 5.02 Å². The van der Waals surface area contributed by atoms with Crippen LogP contribution in [0.5, 0.6) is 0 Å². The summed E-state index contributed by atoms with van der Waals surface area (Å²) in [5.74, 6) is 0.0326. The number of nitrogens with one attached hydrogen (secondary N) is 1. The zero-order chi connectivity index (χ0) is 19.2. The van der Waals surface area contributed by atoms with Crippen molar-refractivity contribution in [3.63, 3.8) is 0 Å². The van der Waals surface area contributed by atoms with Crippen LogP contribution in [0.25, 0.3) is 0 Å². The normalized spacial score (nSPS) is 20.6. The van der Waals surface area contributed by atoms with Gasteiger partial charge in [0.1, 0.15) is 10.9 Å². The predicted octanol–water partition coefficient (Wildman–Crippen LogP) is 3.21. The number of fused-ring (bicyclic) bond motifs is 2. The van der Waals surface area contributed by atoms with Gasteiger partial charge in [0.2, 0.25) is 5.91 Å². The Labute approximate surface area is 165 Å². The number of nitrogens with zero attached hydrogens (tertiary/aromatic N) is 4. The first kappa shape index (κ1) is 17.8. The Kier molecular flexibility index (Phi) is 4.29. The average Bonchev–Trinajstić information content (AvgIpc) is 3.34. The molecule has 0 radical (unpaired) electrons. The minimum Gasteiger partial charge on any atom is -0.342 e. The van der Waals surface area contributed by atoms with Gasteiger partial charge >= 0.3 is 6.03 Å². The van der Waals surface area contributed by atoms with Crippen molar-refractivity contribution in [2.75, 3.05) is 29.9 Å². The SMILES string of the molecule is CC(=O)N1CCC2(C1)CN(C(=O)Nc1ncc(C#N)s1)c1ccc(Cl)cc12. The number of urea groups is 1. The van der Waals surface area contributed by atoms with E-state index in [-0.39, 0.29) is 17.4 Å². The van der Waals surface area contributed by atoms with Crippen molar-refractivity contribution < 1.29 is 9.59 Å². The van der Waals surface area contributed by atoms with Crippen molar-refractivity contribution in [1.82, 2.24) is 9.88 Å². The number of hydrogen-bond donors (Lipinski definition) is 1. The molecule has 7 nitrogen and oxygen atoms in total. The molecule has 0 aliphatic carbocycles. The second kappa shape index (κ2) is 6.51. The van der Waals surface area contributed by atoms with Crippen LogP contribution in [0, 0.1) is 11.3 Å². The van der Waals surface area contributed by atoms with E-state index < -0.39 is 0 Å². The van der Waals surface area contributed by atoms with Gasteiger partial charge in [-0.15, -0.1) is 0 Å². The van der Waals surface area contributed by atoms with Crippen LogP contribution in [0.15, 0.2) is 24.4 Å². The molecular weight excluding hydrogens is 386 g/mol. The standard InChI is InChI=1S/C18H16ClN5O2S/c1-11(25)23-5-4-18(9-23)10-24(15-3-2-12(19)6-14(15)18)17(26)22-16-21-8-13(7-20)27-16/h2-3,6,8H,4-5,9-10H2,1H3,(H,21,22,26). The maximum absolute atomic E-state index is 12.9. The number of hydrogen-bond acceptors (Lipinski definition) is 5. The van der Waals surface area contributed by atoms with Crippen molar-refractivity contribution in [3.05, 3.63) is 39.9 Å². The molecule has 27 heavy (non-hydrogen) atoms. The van der Waals surface area contributed by atoms with Crippen molar-refractivity contribution in [3.8, 4) is 6.07 Å². The lowest BCUT2D eigenvalue weighted by Crippen LogP contribution is -2.41. The number of carbonyl (C=O) groups is 2. The van der Waals surface area contributed by atoms with Gasteiger partial charge in [0.05, 0.1) is 6.20 Å². The Morgan fingerprint density at radius 1 is 1.41 bits per heavy atom. The molecule has 3 heterocycles. The molecule has 9 heteroatoms. The summed E-state index contributed by atoms with van der Waals surface area (Å²) in [5.41, 5.74) is 1.47. The number of aromatic nitrogens is 1. The van der Waals surface area contributed by atoms with E-state index in [1.807, 2.05) is 23.1 Å². The lowest BCUT2D eigenvalue weighted by atomic mass is 9.81. The zero-order valence-corrected chi connectivity index (χ0v) is 16.1. The molecule has 1 atom stereocenters. The number of carbonyl (C=O) groups excluding carboxylic acids is 2. The second-order valence-electron chi connectivity index (χ2n) is 6.79. The van der Waals surface area contributed by atoms with Crippen molar-refractivity contribution in [2.45, 2.75) is 18.8 Å². The summed E-state index contributed by atoms with van der Waals surface area (Å²) in [7, 11) is 0. The molecule has 3 amide bonds. The van der Waals surface area contributed by atoms with Crippen LogP contribution < -0.4 is 10.2 Å². The Bertz CT molecular complexity index is 984. The molecule has 1 aromatic carbocycles. The number of benzene rings is 1. The number of anilines is 2. The average molecular weight is 402 g/mol. The third kappa shape index (κ3) is 3.03. The molecule has 1 fully saturated rings.